The quantitative estimate of drug-likeness (QED) is 0.700. The fourth-order valence-electron chi connectivity index (χ4n) is 2.75. The highest BCUT2D eigenvalue weighted by Crippen LogP contribution is 2.34. The van der Waals surface area contributed by atoms with Crippen molar-refractivity contribution in [1.29, 1.82) is 0 Å². The Hall–Kier alpha value is -0.410. The molecule has 1 saturated carbocycles. The minimum absolute atomic E-state index is 0.106. The van der Waals surface area contributed by atoms with Gasteiger partial charge in [-0.1, -0.05) is 6.42 Å². The summed E-state index contributed by atoms with van der Waals surface area (Å²) in [4.78, 5) is 16.4. The predicted octanol–water partition coefficient (Wildman–Crippen LogP) is 1.24. The Morgan fingerprint density at radius 2 is 1.60 bits per heavy atom. The van der Waals surface area contributed by atoms with Crippen LogP contribution < -0.4 is 0 Å². The first kappa shape index (κ1) is 12.7. The molecule has 0 heterocycles. The van der Waals surface area contributed by atoms with E-state index in [1.165, 1.54) is 6.42 Å². The minimum Gasteiger partial charge on any atom is -0.308 e. The van der Waals surface area contributed by atoms with Gasteiger partial charge in [0.25, 0.3) is 0 Å². The molecular formula is C12H24N2O. The van der Waals surface area contributed by atoms with Crippen LogP contribution in [0.15, 0.2) is 0 Å². The van der Waals surface area contributed by atoms with Gasteiger partial charge in [0.15, 0.2) is 0 Å². The lowest BCUT2D eigenvalue weighted by Crippen LogP contribution is -2.48. The van der Waals surface area contributed by atoms with Crippen LogP contribution in [0.2, 0.25) is 0 Å². The molecule has 0 saturated heterocycles. The molecule has 0 aromatic carbocycles. The van der Waals surface area contributed by atoms with Crippen LogP contribution in [-0.2, 0) is 4.79 Å². The molecule has 1 aliphatic rings. The van der Waals surface area contributed by atoms with Crippen molar-refractivity contribution in [3.8, 4) is 0 Å². The minimum atomic E-state index is -0.106. The second-order valence-electron chi connectivity index (χ2n) is 5.39. The fourth-order valence-corrected chi connectivity index (χ4v) is 2.75. The van der Waals surface area contributed by atoms with Gasteiger partial charge in [0, 0.05) is 19.5 Å². The molecule has 0 amide bonds. The van der Waals surface area contributed by atoms with Gasteiger partial charge in [-0.2, -0.15) is 0 Å². The molecule has 88 valence electrons. The number of hydrogen-bond acceptors (Lipinski definition) is 3. The maximum atomic E-state index is 12.1. The Morgan fingerprint density at radius 1 is 1.07 bits per heavy atom. The first-order valence-corrected chi connectivity index (χ1v) is 5.79. The molecule has 1 fully saturated rings. The largest absolute Gasteiger partial charge is 0.308 e. The van der Waals surface area contributed by atoms with E-state index in [9.17, 15) is 4.79 Å². The van der Waals surface area contributed by atoms with Crippen molar-refractivity contribution < 1.29 is 4.79 Å². The molecule has 0 N–H and O–H groups in total. The summed E-state index contributed by atoms with van der Waals surface area (Å²) in [5.41, 5.74) is -0.106. The summed E-state index contributed by atoms with van der Waals surface area (Å²) in [6, 6.07) is 0. The Morgan fingerprint density at radius 3 is 2.00 bits per heavy atom. The van der Waals surface area contributed by atoms with Crippen LogP contribution in [0.25, 0.3) is 0 Å². The Bertz CT molecular complexity index is 214. The van der Waals surface area contributed by atoms with Crippen LogP contribution in [0.5, 0.6) is 0 Å². The summed E-state index contributed by atoms with van der Waals surface area (Å²) in [6.45, 7) is 1.79. The highest BCUT2D eigenvalue weighted by molar-refractivity contribution is 5.86. The number of nitrogens with zero attached hydrogens (tertiary/aromatic N) is 2. The molecule has 0 atom stereocenters. The van der Waals surface area contributed by atoms with Crippen molar-refractivity contribution >= 4 is 5.78 Å². The van der Waals surface area contributed by atoms with Crippen LogP contribution in [0.1, 0.15) is 25.7 Å². The number of hydrogen-bond donors (Lipinski definition) is 0. The summed E-state index contributed by atoms with van der Waals surface area (Å²) in [5.74, 6) is 0.469. The van der Waals surface area contributed by atoms with E-state index in [-0.39, 0.29) is 5.41 Å². The lowest BCUT2D eigenvalue weighted by atomic mass is 9.72. The summed E-state index contributed by atoms with van der Waals surface area (Å²) in [6.07, 6.45) is 4.12. The van der Waals surface area contributed by atoms with E-state index in [1.54, 1.807) is 0 Å². The van der Waals surface area contributed by atoms with Crippen LogP contribution in [0.4, 0.5) is 0 Å². The van der Waals surface area contributed by atoms with E-state index >= 15 is 0 Å². The molecule has 1 rings (SSSR count). The van der Waals surface area contributed by atoms with E-state index < -0.39 is 0 Å². The summed E-state index contributed by atoms with van der Waals surface area (Å²) >= 11 is 0. The van der Waals surface area contributed by atoms with Gasteiger partial charge in [0.2, 0.25) is 0 Å². The smallest absolute Gasteiger partial charge is 0.141 e. The summed E-state index contributed by atoms with van der Waals surface area (Å²) in [7, 11) is 8.22. The Labute approximate surface area is 93.4 Å². The van der Waals surface area contributed by atoms with Gasteiger partial charge in [-0.05, 0) is 41.0 Å². The number of ketones is 1. The van der Waals surface area contributed by atoms with E-state index in [0.29, 0.717) is 5.78 Å². The van der Waals surface area contributed by atoms with Gasteiger partial charge in [-0.15, -0.1) is 0 Å². The van der Waals surface area contributed by atoms with E-state index in [1.807, 2.05) is 0 Å². The SMILES string of the molecule is CN(C)CC1(CN(C)C)CCCCC1=O. The highest BCUT2D eigenvalue weighted by atomic mass is 16.1. The zero-order valence-corrected chi connectivity index (χ0v) is 10.5. The number of carbonyl (C=O) groups is 1. The third kappa shape index (κ3) is 3.28. The van der Waals surface area contributed by atoms with Crippen molar-refractivity contribution in [3.63, 3.8) is 0 Å². The molecule has 3 heteroatoms. The molecule has 0 spiro atoms. The normalized spacial score (nSPS) is 21.3. The molecule has 0 aromatic rings. The van der Waals surface area contributed by atoms with Crippen molar-refractivity contribution in [3.05, 3.63) is 0 Å². The van der Waals surface area contributed by atoms with Gasteiger partial charge in [-0.3, -0.25) is 4.79 Å². The van der Waals surface area contributed by atoms with Gasteiger partial charge < -0.3 is 9.80 Å². The maximum absolute atomic E-state index is 12.1. The van der Waals surface area contributed by atoms with Gasteiger partial charge in [0.1, 0.15) is 5.78 Å². The number of rotatable bonds is 4. The lowest BCUT2D eigenvalue weighted by molar-refractivity contribution is -0.133. The third-order valence-corrected chi connectivity index (χ3v) is 3.14. The van der Waals surface area contributed by atoms with E-state index in [2.05, 4.69) is 38.0 Å². The average molecular weight is 212 g/mol. The zero-order chi connectivity index (χ0) is 11.5. The predicted molar refractivity (Wildman–Crippen MR) is 63.0 cm³/mol. The molecule has 15 heavy (non-hydrogen) atoms. The lowest BCUT2D eigenvalue weighted by Gasteiger charge is -2.39. The molecular weight excluding hydrogens is 188 g/mol. The van der Waals surface area contributed by atoms with Crippen molar-refractivity contribution in [1.82, 2.24) is 9.80 Å². The fraction of sp³-hybridized carbons (Fsp3) is 0.917. The highest BCUT2D eigenvalue weighted by Gasteiger charge is 2.40. The molecule has 0 aromatic heterocycles. The number of Topliss-reactive ketones (excluding diaryl/α,β-unsaturated/α-hetero) is 1. The standard InChI is InChI=1S/C12H24N2O/c1-13(2)9-12(10-14(3)4)8-6-5-7-11(12)15/h5-10H2,1-4H3. The van der Waals surface area contributed by atoms with Gasteiger partial charge >= 0.3 is 0 Å². The van der Waals surface area contributed by atoms with Crippen LogP contribution in [-0.4, -0.2) is 56.9 Å². The molecule has 0 radical (unpaired) electrons. The first-order chi connectivity index (χ1) is 6.96. The van der Waals surface area contributed by atoms with Crippen LogP contribution in [0, 0.1) is 5.41 Å². The summed E-state index contributed by atoms with van der Waals surface area (Å²) < 4.78 is 0. The monoisotopic (exact) mass is 212 g/mol. The Balaban J connectivity index is 2.77. The second-order valence-corrected chi connectivity index (χ2v) is 5.39. The second kappa shape index (κ2) is 5.08. The first-order valence-electron chi connectivity index (χ1n) is 5.79. The van der Waals surface area contributed by atoms with E-state index in [0.717, 1.165) is 32.4 Å². The molecule has 1 aliphatic carbocycles. The average Bonchev–Trinajstić information content (AvgIpc) is 2.08. The topological polar surface area (TPSA) is 23.6 Å². The van der Waals surface area contributed by atoms with Crippen LogP contribution in [0.3, 0.4) is 0 Å². The molecule has 0 unspecified atom stereocenters. The van der Waals surface area contributed by atoms with Gasteiger partial charge in [0.05, 0.1) is 5.41 Å². The Kier molecular flexibility index (Phi) is 4.29. The maximum Gasteiger partial charge on any atom is 0.141 e. The molecule has 0 aliphatic heterocycles. The van der Waals surface area contributed by atoms with Crippen molar-refractivity contribution in [2.24, 2.45) is 5.41 Å². The van der Waals surface area contributed by atoms with E-state index in [4.69, 9.17) is 0 Å². The van der Waals surface area contributed by atoms with Crippen molar-refractivity contribution in [2.45, 2.75) is 25.7 Å². The number of carbonyl (C=O) groups excluding carboxylic acids is 1. The van der Waals surface area contributed by atoms with Crippen LogP contribution >= 0.6 is 0 Å². The van der Waals surface area contributed by atoms with Gasteiger partial charge in [-0.25, -0.2) is 0 Å². The molecule has 0 bridgehead atoms. The molecule has 3 nitrogen and oxygen atoms in total. The third-order valence-electron chi connectivity index (χ3n) is 3.14. The zero-order valence-electron chi connectivity index (χ0n) is 10.5. The summed E-state index contributed by atoms with van der Waals surface area (Å²) in [5, 5.41) is 0. The van der Waals surface area contributed by atoms with Crippen molar-refractivity contribution in [2.75, 3.05) is 41.3 Å².